The van der Waals surface area contributed by atoms with E-state index in [-0.39, 0.29) is 0 Å². The van der Waals surface area contributed by atoms with Crippen LogP contribution in [0.3, 0.4) is 0 Å². The summed E-state index contributed by atoms with van der Waals surface area (Å²) in [6.07, 6.45) is 0.636. The second-order valence-corrected chi connectivity index (χ2v) is 6.01. The van der Waals surface area contributed by atoms with Crippen LogP contribution < -0.4 is 5.73 Å². The average Bonchev–Trinajstić information content (AvgIpc) is 2.76. The maximum Gasteiger partial charge on any atom is 0.268 e. The van der Waals surface area contributed by atoms with Gasteiger partial charge in [0.2, 0.25) is 0 Å². The van der Waals surface area contributed by atoms with Crippen LogP contribution in [0.15, 0.2) is 18.8 Å². The van der Waals surface area contributed by atoms with Gasteiger partial charge < -0.3 is 10.3 Å². The fourth-order valence-electron chi connectivity index (χ4n) is 1.04. The van der Waals surface area contributed by atoms with E-state index in [0.29, 0.717) is 24.7 Å². The van der Waals surface area contributed by atoms with Crippen LogP contribution in [0, 0.1) is 0 Å². The Morgan fingerprint density at radius 1 is 1.47 bits per heavy atom. The molecule has 2 rings (SSSR count). The normalized spacial score (nSPS) is 10.9. The zero-order valence-corrected chi connectivity index (χ0v) is 11.5. The van der Waals surface area contributed by atoms with Crippen molar-refractivity contribution in [3.05, 3.63) is 20.1 Å². The highest BCUT2D eigenvalue weighted by molar-refractivity contribution is 9.13. The van der Waals surface area contributed by atoms with Crippen LogP contribution in [-0.4, -0.2) is 16.7 Å². The predicted octanol–water partition coefficient (Wildman–Crippen LogP) is 2.82. The van der Waals surface area contributed by atoms with Crippen LogP contribution in [0.1, 0.15) is 5.82 Å². The molecule has 4 nitrogen and oxygen atoms in total. The highest BCUT2D eigenvalue weighted by atomic mass is 79.9. The number of thiophene rings is 1. The Hall–Kier alpha value is -0.240. The molecule has 0 aromatic carbocycles. The van der Waals surface area contributed by atoms with Gasteiger partial charge in [-0.15, -0.1) is 11.3 Å². The molecule has 2 heterocycles. The monoisotopic (exact) mass is 351 g/mol. The van der Waals surface area contributed by atoms with Gasteiger partial charge in [-0.25, -0.2) is 0 Å². The molecule has 0 fully saturated rings. The largest absolute Gasteiger partial charge is 0.333 e. The summed E-state index contributed by atoms with van der Waals surface area (Å²) in [5, 5.41) is 3.83. The van der Waals surface area contributed by atoms with Crippen molar-refractivity contribution in [1.82, 2.24) is 10.1 Å². The van der Waals surface area contributed by atoms with E-state index in [1.165, 1.54) is 0 Å². The number of hydrogen-bond acceptors (Lipinski definition) is 5. The van der Waals surface area contributed by atoms with Crippen molar-refractivity contribution in [3.8, 4) is 10.8 Å². The van der Waals surface area contributed by atoms with Crippen molar-refractivity contribution in [3.63, 3.8) is 0 Å². The van der Waals surface area contributed by atoms with E-state index in [2.05, 4.69) is 42.0 Å². The second kappa shape index (κ2) is 4.73. The Bertz CT molecular complexity index is 449. The molecule has 0 aliphatic heterocycles. The Balaban J connectivity index is 2.28. The minimum Gasteiger partial charge on any atom is -0.333 e. The summed E-state index contributed by atoms with van der Waals surface area (Å²) >= 11 is 8.36. The van der Waals surface area contributed by atoms with Crippen LogP contribution in [0.2, 0.25) is 0 Å². The first-order valence-electron chi connectivity index (χ1n) is 4.18. The topological polar surface area (TPSA) is 64.9 Å². The summed E-state index contributed by atoms with van der Waals surface area (Å²) in [6, 6.07) is 1.94. The zero-order valence-electron chi connectivity index (χ0n) is 7.54. The van der Waals surface area contributed by atoms with E-state index < -0.39 is 0 Å². The summed E-state index contributed by atoms with van der Waals surface area (Å²) in [4.78, 5) is 5.17. The third-order valence-corrected chi connectivity index (χ3v) is 4.94. The fourth-order valence-corrected chi connectivity index (χ4v) is 2.99. The molecule has 0 saturated heterocycles. The predicted molar refractivity (Wildman–Crippen MR) is 65.8 cm³/mol. The standard InChI is InChI=1S/C8H7Br2N3OS/c9-4-3-5(15-7(4)10)8-12-6(1-2-11)13-14-8/h3H,1-2,11H2. The molecule has 0 aliphatic carbocycles. The molecule has 7 heteroatoms. The molecule has 80 valence electrons. The van der Waals surface area contributed by atoms with Crippen LogP contribution >= 0.6 is 43.2 Å². The lowest BCUT2D eigenvalue weighted by Crippen LogP contribution is -2.03. The summed E-state index contributed by atoms with van der Waals surface area (Å²) < 4.78 is 7.12. The van der Waals surface area contributed by atoms with Crippen LogP contribution in [0.25, 0.3) is 10.8 Å². The van der Waals surface area contributed by atoms with Crippen molar-refractivity contribution >= 4 is 43.2 Å². The minimum atomic E-state index is 0.525. The molecule has 0 bridgehead atoms. The summed E-state index contributed by atoms with van der Waals surface area (Å²) in [6.45, 7) is 0.525. The lowest BCUT2D eigenvalue weighted by atomic mass is 10.4. The molecular formula is C8H7Br2N3OS. The Labute approximate surface area is 107 Å². The Kier molecular flexibility index (Phi) is 3.55. The first-order chi connectivity index (χ1) is 7.20. The lowest BCUT2D eigenvalue weighted by Gasteiger charge is -1.84. The van der Waals surface area contributed by atoms with Crippen molar-refractivity contribution < 1.29 is 4.52 Å². The van der Waals surface area contributed by atoms with Crippen LogP contribution in [0.5, 0.6) is 0 Å². The van der Waals surface area contributed by atoms with Crippen molar-refractivity contribution in [2.24, 2.45) is 5.73 Å². The SMILES string of the molecule is NCCc1noc(-c2cc(Br)c(Br)s2)n1. The van der Waals surface area contributed by atoms with Gasteiger partial charge in [-0.05, 0) is 44.5 Å². The van der Waals surface area contributed by atoms with E-state index in [4.69, 9.17) is 10.3 Å². The summed E-state index contributed by atoms with van der Waals surface area (Å²) in [5.74, 6) is 1.18. The van der Waals surface area contributed by atoms with E-state index in [9.17, 15) is 0 Å². The van der Waals surface area contributed by atoms with Crippen molar-refractivity contribution in [2.75, 3.05) is 6.54 Å². The second-order valence-electron chi connectivity index (χ2n) is 2.79. The molecule has 15 heavy (non-hydrogen) atoms. The van der Waals surface area contributed by atoms with Gasteiger partial charge in [0.25, 0.3) is 5.89 Å². The number of halogens is 2. The third-order valence-electron chi connectivity index (χ3n) is 1.69. The third kappa shape index (κ3) is 2.47. The highest BCUT2D eigenvalue weighted by Gasteiger charge is 2.12. The highest BCUT2D eigenvalue weighted by Crippen LogP contribution is 2.37. The molecule has 2 N–H and O–H groups in total. The van der Waals surface area contributed by atoms with E-state index in [1.807, 2.05) is 6.07 Å². The maximum atomic E-state index is 5.40. The Morgan fingerprint density at radius 3 is 2.87 bits per heavy atom. The van der Waals surface area contributed by atoms with E-state index >= 15 is 0 Å². The number of rotatable bonds is 3. The van der Waals surface area contributed by atoms with E-state index in [1.54, 1.807) is 11.3 Å². The number of nitrogens with two attached hydrogens (primary N) is 1. The minimum absolute atomic E-state index is 0.525. The van der Waals surface area contributed by atoms with Crippen molar-refractivity contribution in [2.45, 2.75) is 6.42 Å². The van der Waals surface area contributed by atoms with Gasteiger partial charge in [0, 0.05) is 10.9 Å². The van der Waals surface area contributed by atoms with Gasteiger partial charge >= 0.3 is 0 Å². The number of hydrogen-bond donors (Lipinski definition) is 1. The molecule has 2 aromatic heterocycles. The van der Waals surface area contributed by atoms with Crippen molar-refractivity contribution in [1.29, 1.82) is 0 Å². The molecular weight excluding hydrogens is 346 g/mol. The van der Waals surface area contributed by atoms with Gasteiger partial charge in [-0.2, -0.15) is 4.98 Å². The van der Waals surface area contributed by atoms with E-state index in [0.717, 1.165) is 13.1 Å². The van der Waals surface area contributed by atoms with Gasteiger partial charge in [-0.1, -0.05) is 5.16 Å². The van der Waals surface area contributed by atoms with Gasteiger partial charge in [-0.3, -0.25) is 0 Å². The first kappa shape index (κ1) is 11.3. The quantitative estimate of drug-likeness (QED) is 0.922. The number of nitrogens with zero attached hydrogens (tertiary/aromatic N) is 2. The maximum absolute atomic E-state index is 5.40. The summed E-state index contributed by atoms with van der Waals surface area (Å²) in [5.41, 5.74) is 5.40. The van der Waals surface area contributed by atoms with Gasteiger partial charge in [0.15, 0.2) is 5.82 Å². The molecule has 0 amide bonds. The summed E-state index contributed by atoms with van der Waals surface area (Å²) in [7, 11) is 0. The molecule has 0 unspecified atom stereocenters. The number of aromatic nitrogens is 2. The smallest absolute Gasteiger partial charge is 0.268 e. The molecule has 0 saturated carbocycles. The van der Waals surface area contributed by atoms with Crippen LogP contribution in [0.4, 0.5) is 0 Å². The fraction of sp³-hybridized carbons (Fsp3) is 0.250. The Morgan fingerprint density at radius 2 is 2.27 bits per heavy atom. The molecule has 0 atom stereocenters. The average molecular weight is 353 g/mol. The molecule has 0 aliphatic rings. The molecule has 2 aromatic rings. The molecule has 0 radical (unpaired) electrons. The lowest BCUT2D eigenvalue weighted by molar-refractivity contribution is 0.423. The molecule has 0 spiro atoms. The van der Waals surface area contributed by atoms with Crippen LogP contribution in [-0.2, 0) is 6.42 Å². The zero-order chi connectivity index (χ0) is 10.8. The first-order valence-corrected chi connectivity index (χ1v) is 6.59. The van der Waals surface area contributed by atoms with Gasteiger partial charge in [0.1, 0.15) is 0 Å². The van der Waals surface area contributed by atoms with Gasteiger partial charge in [0.05, 0.1) is 8.66 Å².